The molecule has 0 bridgehead atoms. The van der Waals surface area contributed by atoms with E-state index in [0.29, 0.717) is 0 Å². The van der Waals surface area contributed by atoms with Crippen LogP contribution in [0.25, 0.3) is 0 Å². The Labute approximate surface area is 121 Å². The van der Waals surface area contributed by atoms with E-state index in [2.05, 4.69) is 19.9 Å². The van der Waals surface area contributed by atoms with Gasteiger partial charge in [-0.25, -0.2) is 0 Å². The molecule has 1 aliphatic heterocycles. The Kier molecular flexibility index (Phi) is 5.35. The van der Waals surface area contributed by atoms with Crippen molar-refractivity contribution in [2.75, 3.05) is 7.11 Å². The van der Waals surface area contributed by atoms with E-state index in [1.807, 2.05) is 0 Å². The maximum atomic E-state index is 11.5. The Morgan fingerprint density at radius 3 is 2.80 bits per heavy atom. The van der Waals surface area contributed by atoms with E-state index >= 15 is 0 Å². The predicted molar refractivity (Wildman–Crippen MR) is 75.8 cm³/mol. The second kappa shape index (κ2) is 6.83. The fourth-order valence-electron chi connectivity index (χ4n) is 3.81. The summed E-state index contributed by atoms with van der Waals surface area (Å²) in [6, 6.07) is 0. The molecule has 0 aromatic heterocycles. The number of carbonyl (C=O) groups is 1. The van der Waals surface area contributed by atoms with Crippen LogP contribution in [0.1, 0.15) is 39.5 Å². The minimum atomic E-state index is -0.736. The highest BCUT2D eigenvalue weighted by atomic mass is 16.7. The Balaban J connectivity index is 2.03. The van der Waals surface area contributed by atoms with E-state index < -0.39 is 6.29 Å². The molecule has 2 rings (SSSR count). The lowest BCUT2D eigenvalue weighted by atomic mass is 9.80. The van der Waals surface area contributed by atoms with Gasteiger partial charge in [0, 0.05) is 24.9 Å². The second-order valence-corrected chi connectivity index (χ2v) is 6.27. The third kappa shape index (κ3) is 3.13. The van der Waals surface area contributed by atoms with Crippen molar-refractivity contribution in [3.05, 3.63) is 11.6 Å². The molecule has 1 saturated carbocycles. The van der Waals surface area contributed by atoms with Gasteiger partial charge in [-0.1, -0.05) is 11.6 Å². The van der Waals surface area contributed by atoms with Crippen LogP contribution in [0.4, 0.5) is 0 Å². The van der Waals surface area contributed by atoms with Gasteiger partial charge in [0.1, 0.15) is 6.29 Å². The van der Waals surface area contributed by atoms with E-state index in [9.17, 15) is 9.90 Å². The smallest absolute Gasteiger partial charge is 0.163 e. The number of rotatable bonds is 6. The van der Waals surface area contributed by atoms with Crippen molar-refractivity contribution in [2.24, 2.45) is 23.7 Å². The number of hydrogen-bond acceptors (Lipinski definition) is 4. The van der Waals surface area contributed by atoms with Crippen LogP contribution in [0.5, 0.6) is 0 Å². The molecule has 4 nitrogen and oxygen atoms in total. The first-order valence-corrected chi connectivity index (χ1v) is 7.53. The molecule has 2 fully saturated rings. The van der Waals surface area contributed by atoms with Crippen LogP contribution < -0.4 is 0 Å². The minimum Gasteiger partial charge on any atom is -0.368 e. The van der Waals surface area contributed by atoms with Crippen molar-refractivity contribution < 1.29 is 19.4 Å². The zero-order chi connectivity index (χ0) is 14.7. The van der Waals surface area contributed by atoms with Gasteiger partial charge >= 0.3 is 0 Å². The first kappa shape index (κ1) is 15.7. The molecular weight excluding hydrogens is 256 g/mol. The number of allylic oxidation sites excluding steroid dienone is 2. The SMILES string of the molecule is CO[C@H]1O[C@@H](O)[C@@H]2CC[C@@H]([C@@H](C=O)CCC=C(C)C)[C@H]12. The van der Waals surface area contributed by atoms with Crippen molar-refractivity contribution in [1.82, 2.24) is 0 Å². The lowest BCUT2D eigenvalue weighted by Crippen LogP contribution is -2.30. The molecule has 2 aliphatic rings. The number of hydrogen-bond donors (Lipinski definition) is 1. The van der Waals surface area contributed by atoms with Crippen molar-refractivity contribution in [1.29, 1.82) is 0 Å². The number of aliphatic hydroxyl groups excluding tert-OH is 1. The van der Waals surface area contributed by atoms with Crippen molar-refractivity contribution in [3.8, 4) is 0 Å². The van der Waals surface area contributed by atoms with E-state index in [1.54, 1.807) is 7.11 Å². The number of aldehydes is 1. The van der Waals surface area contributed by atoms with Gasteiger partial charge in [-0.3, -0.25) is 0 Å². The Morgan fingerprint density at radius 2 is 2.20 bits per heavy atom. The van der Waals surface area contributed by atoms with Crippen LogP contribution in [-0.4, -0.2) is 31.1 Å². The molecule has 0 aromatic rings. The molecule has 1 aliphatic carbocycles. The van der Waals surface area contributed by atoms with Crippen LogP contribution in [-0.2, 0) is 14.3 Å². The zero-order valence-corrected chi connectivity index (χ0v) is 12.6. The summed E-state index contributed by atoms with van der Waals surface area (Å²) in [5.41, 5.74) is 1.29. The summed E-state index contributed by atoms with van der Waals surface area (Å²) < 4.78 is 10.8. The summed E-state index contributed by atoms with van der Waals surface area (Å²) in [5.74, 6) is 0.574. The van der Waals surface area contributed by atoms with Crippen molar-refractivity contribution >= 4 is 6.29 Å². The van der Waals surface area contributed by atoms with Gasteiger partial charge in [0.25, 0.3) is 0 Å². The molecule has 0 amide bonds. The molecule has 1 N–H and O–H groups in total. The summed E-state index contributed by atoms with van der Waals surface area (Å²) in [6.45, 7) is 4.15. The summed E-state index contributed by atoms with van der Waals surface area (Å²) in [4.78, 5) is 11.5. The fraction of sp³-hybridized carbons (Fsp3) is 0.812. The van der Waals surface area contributed by atoms with Crippen LogP contribution >= 0.6 is 0 Å². The van der Waals surface area contributed by atoms with Crippen LogP contribution in [0.15, 0.2) is 11.6 Å². The normalized spacial score (nSPS) is 37.5. The average Bonchev–Trinajstić information content (AvgIpc) is 2.96. The molecule has 1 saturated heterocycles. The third-order valence-corrected chi connectivity index (χ3v) is 4.79. The molecule has 114 valence electrons. The lowest BCUT2D eigenvalue weighted by Gasteiger charge is -2.27. The van der Waals surface area contributed by atoms with Crippen molar-refractivity contribution in [2.45, 2.75) is 52.1 Å². The zero-order valence-electron chi connectivity index (χ0n) is 12.6. The molecule has 4 heteroatoms. The Bertz CT molecular complexity index is 361. The fourth-order valence-corrected chi connectivity index (χ4v) is 3.81. The van der Waals surface area contributed by atoms with Gasteiger partial charge in [0.2, 0.25) is 0 Å². The molecule has 0 aromatic carbocycles. The van der Waals surface area contributed by atoms with Gasteiger partial charge in [0.15, 0.2) is 12.6 Å². The topological polar surface area (TPSA) is 55.8 Å². The summed E-state index contributed by atoms with van der Waals surface area (Å²) in [7, 11) is 1.61. The van der Waals surface area contributed by atoms with Crippen LogP contribution in [0.2, 0.25) is 0 Å². The molecule has 6 atom stereocenters. The number of carbonyl (C=O) groups excluding carboxylic acids is 1. The monoisotopic (exact) mass is 282 g/mol. The molecular formula is C16H26O4. The Morgan fingerprint density at radius 1 is 1.45 bits per heavy atom. The first-order chi connectivity index (χ1) is 9.58. The highest BCUT2D eigenvalue weighted by Crippen LogP contribution is 2.50. The van der Waals surface area contributed by atoms with Gasteiger partial charge in [-0.15, -0.1) is 0 Å². The van der Waals surface area contributed by atoms with E-state index in [1.165, 1.54) is 5.57 Å². The average molecular weight is 282 g/mol. The van der Waals surface area contributed by atoms with E-state index in [4.69, 9.17) is 9.47 Å². The van der Waals surface area contributed by atoms with Crippen LogP contribution in [0, 0.1) is 23.7 Å². The van der Waals surface area contributed by atoms with Gasteiger partial charge in [-0.2, -0.15) is 0 Å². The minimum absolute atomic E-state index is 0.0344. The second-order valence-electron chi connectivity index (χ2n) is 6.27. The molecule has 20 heavy (non-hydrogen) atoms. The van der Waals surface area contributed by atoms with Gasteiger partial charge < -0.3 is 19.4 Å². The van der Waals surface area contributed by atoms with Gasteiger partial charge in [0.05, 0.1) is 0 Å². The number of fused-ring (bicyclic) bond motifs is 1. The standard InChI is InChI=1S/C16H26O4/c1-10(2)5-4-6-11(9-17)12-7-8-13-14(12)16(19-3)20-15(13)18/h5,9,11-16,18H,4,6-8H2,1-3H3/t11-,12+,13-,14+,15-,16+/m1/s1. The van der Waals surface area contributed by atoms with E-state index in [0.717, 1.165) is 32.0 Å². The summed E-state index contributed by atoms with van der Waals surface area (Å²) >= 11 is 0. The highest BCUT2D eigenvalue weighted by molar-refractivity contribution is 5.54. The molecule has 0 radical (unpaired) electrons. The largest absolute Gasteiger partial charge is 0.368 e. The summed E-state index contributed by atoms with van der Waals surface area (Å²) in [5, 5.41) is 9.92. The van der Waals surface area contributed by atoms with Crippen molar-refractivity contribution in [3.63, 3.8) is 0 Å². The molecule has 1 heterocycles. The maximum Gasteiger partial charge on any atom is 0.163 e. The number of ether oxygens (including phenoxy) is 2. The molecule has 0 spiro atoms. The lowest BCUT2D eigenvalue weighted by molar-refractivity contribution is -0.193. The maximum absolute atomic E-state index is 11.5. The van der Waals surface area contributed by atoms with E-state index in [-0.39, 0.29) is 30.0 Å². The molecule has 0 unspecified atom stereocenters. The third-order valence-electron chi connectivity index (χ3n) is 4.79. The predicted octanol–water partition coefficient (Wildman–Crippen LogP) is 2.51. The summed E-state index contributed by atoms with van der Waals surface area (Å²) in [6.07, 6.45) is 5.86. The highest BCUT2D eigenvalue weighted by Gasteiger charge is 2.53. The van der Waals surface area contributed by atoms with Crippen LogP contribution in [0.3, 0.4) is 0 Å². The quantitative estimate of drug-likeness (QED) is 0.601. The number of methoxy groups -OCH3 is 1. The first-order valence-electron chi connectivity index (χ1n) is 7.53. The number of aliphatic hydroxyl groups is 1. The van der Waals surface area contributed by atoms with Gasteiger partial charge in [-0.05, 0) is 45.4 Å². The Hall–Kier alpha value is -0.710.